The van der Waals surface area contributed by atoms with Crippen LogP contribution in [0.25, 0.3) is 0 Å². The molecule has 3 aromatic rings. The maximum atomic E-state index is 12.8. The van der Waals surface area contributed by atoms with Gasteiger partial charge in [-0.15, -0.1) is 0 Å². The highest BCUT2D eigenvalue weighted by Crippen LogP contribution is 2.52. The summed E-state index contributed by atoms with van der Waals surface area (Å²) in [5.74, 6) is -0.395. The summed E-state index contributed by atoms with van der Waals surface area (Å²) in [6.45, 7) is 1.96. The summed E-state index contributed by atoms with van der Waals surface area (Å²) in [7, 11) is 0. The largest absolute Gasteiger partial charge is 0.508 e. The lowest BCUT2D eigenvalue weighted by Gasteiger charge is -2.11. The monoisotopic (exact) mass is 410 g/mol. The van der Waals surface area contributed by atoms with Crippen LogP contribution in [-0.2, 0) is 0 Å². The molecule has 0 saturated heterocycles. The van der Waals surface area contributed by atoms with Gasteiger partial charge in [-0.05, 0) is 66.8 Å². The number of aryl methyl sites for hydroxylation is 1. The van der Waals surface area contributed by atoms with Crippen LogP contribution in [0.1, 0.15) is 33.8 Å². The Morgan fingerprint density at radius 1 is 0.966 bits per heavy atom. The molecule has 0 aromatic heterocycles. The van der Waals surface area contributed by atoms with Crippen LogP contribution in [0.2, 0.25) is 5.02 Å². The molecule has 148 valence electrons. The molecule has 0 aliphatic heterocycles. The van der Waals surface area contributed by atoms with E-state index in [2.05, 4.69) is 0 Å². The van der Waals surface area contributed by atoms with E-state index in [1.807, 2.05) is 25.1 Å². The summed E-state index contributed by atoms with van der Waals surface area (Å²) in [6.07, 6.45) is 0.636. The van der Waals surface area contributed by atoms with E-state index in [0.29, 0.717) is 22.9 Å². The molecule has 0 spiro atoms. The van der Waals surface area contributed by atoms with E-state index in [1.165, 1.54) is 0 Å². The molecule has 4 rings (SSSR count). The number of phenols is 3. The summed E-state index contributed by atoms with van der Waals surface area (Å²) >= 11 is 5.89. The molecule has 1 fully saturated rings. The van der Waals surface area contributed by atoms with Crippen molar-refractivity contribution < 1.29 is 24.9 Å². The van der Waals surface area contributed by atoms with Crippen molar-refractivity contribution in [1.29, 1.82) is 0 Å². The molecule has 6 heteroatoms. The second kappa shape index (κ2) is 7.33. The maximum Gasteiger partial charge on any atom is 0.174 e. The van der Waals surface area contributed by atoms with Gasteiger partial charge in [0, 0.05) is 23.1 Å². The van der Waals surface area contributed by atoms with Crippen LogP contribution in [0.5, 0.6) is 28.7 Å². The minimum atomic E-state index is -0.415. The fraction of sp³-hybridized carbons (Fsp3) is 0.174. The second-order valence-corrected chi connectivity index (χ2v) is 7.68. The summed E-state index contributed by atoms with van der Waals surface area (Å²) < 4.78 is 5.84. The fourth-order valence-electron chi connectivity index (χ4n) is 3.63. The van der Waals surface area contributed by atoms with Crippen LogP contribution < -0.4 is 4.74 Å². The van der Waals surface area contributed by atoms with Crippen molar-refractivity contribution in [3.8, 4) is 28.7 Å². The lowest BCUT2D eigenvalue weighted by molar-refractivity contribution is 0.0959. The molecule has 0 radical (unpaired) electrons. The summed E-state index contributed by atoms with van der Waals surface area (Å²) in [6, 6.07) is 14.9. The predicted molar refractivity (Wildman–Crippen MR) is 109 cm³/mol. The van der Waals surface area contributed by atoms with Gasteiger partial charge in [-0.3, -0.25) is 4.79 Å². The fourth-order valence-corrected chi connectivity index (χ4v) is 3.76. The van der Waals surface area contributed by atoms with E-state index in [1.54, 1.807) is 24.3 Å². The Morgan fingerprint density at radius 2 is 1.59 bits per heavy atom. The first kappa shape index (κ1) is 19.2. The first-order valence-electron chi connectivity index (χ1n) is 9.16. The Hall–Kier alpha value is -3.18. The summed E-state index contributed by atoms with van der Waals surface area (Å²) in [4.78, 5) is 12.8. The Kier molecular flexibility index (Phi) is 4.84. The highest BCUT2D eigenvalue weighted by molar-refractivity contribution is 6.30. The summed E-state index contributed by atoms with van der Waals surface area (Å²) in [5, 5.41) is 30.0. The highest BCUT2D eigenvalue weighted by Gasteiger charge is 2.46. The topological polar surface area (TPSA) is 87.0 Å². The van der Waals surface area contributed by atoms with E-state index in [-0.39, 0.29) is 28.9 Å². The number of ketones is 1. The molecule has 3 aromatic carbocycles. The van der Waals surface area contributed by atoms with Crippen molar-refractivity contribution in [3.63, 3.8) is 0 Å². The Bertz CT molecular complexity index is 1070. The van der Waals surface area contributed by atoms with E-state index in [4.69, 9.17) is 16.3 Å². The van der Waals surface area contributed by atoms with Crippen molar-refractivity contribution in [3.05, 3.63) is 76.3 Å². The molecule has 1 aliphatic rings. The van der Waals surface area contributed by atoms with E-state index >= 15 is 0 Å². The van der Waals surface area contributed by atoms with Gasteiger partial charge in [-0.2, -0.15) is 0 Å². The Balaban J connectivity index is 1.50. The maximum absolute atomic E-state index is 12.8. The molecule has 1 saturated carbocycles. The standard InChI is InChI=1S/C23H19ClO5/c1-12-8-16(29-15-4-2-13(24)3-5-15)6-7-17(12)18-11-19(18)23(28)22-20(26)9-14(25)10-21(22)27/h2-10,18-19,25-27H,11H2,1H3. The average molecular weight is 411 g/mol. The van der Waals surface area contributed by atoms with Crippen LogP contribution in [-0.4, -0.2) is 21.1 Å². The molecule has 1 aliphatic carbocycles. The van der Waals surface area contributed by atoms with E-state index in [9.17, 15) is 20.1 Å². The number of hydrogen-bond donors (Lipinski definition) is 3. The molecule has 29 heavy (non-hydrogen) atoms. The number of hydrogen-bond acceptors (Lipinski definition) is 5. The number of benzene rings is 3. The van der Waals surface area contributed by atoms with Gasteiger partial charge < -0.3 is 20.1 Å². The quantitative estimate of drug-likeness (QED) is 0.480. The molecular weight excluding hydrogens is 392 g/mol. The highest BCUT2D eigenvalue weighted by atomic mass is 35.5. The van der Waals surface area contributed by atoms with Gasteiger partial charge in [0.15, 0.2) is 5.78 Å². The number of halogens is 1. The summed E-state index contributed by atoms with van der Waals surface area (Å²) in [5.41, 5.74) is 1.89. The third kappa shape index (κ3) is 3.87. The molecule has 5 nitrogen and oxygen atoms in total. The number of rotatable bonds is 5. The SMILES string of the molecule is Cc1cc(Oc2ccc(Cl)cc2)ccc1C1CC1C(=O)c1c(O)cc(O)cc1O. The van der Waals surface area contributed by atoms with Gasteiger partial charge in [0.1, 0.15) is 34.3 Å². The van der Waals surface area contributed by atoms with Crippen LogP contribution in [0.3, 0.4) is 0 Å². The van der Waals surface area contributed by atoms with Gasteiger partial charge in [-0.1, -0.05) is 17.7 Å². The van der Waals surface area contributed by atoms with Crippen molar-refractivity contribution in [2.45, 2.75) is 19.3 Å². The zero-order valence-corrected chi connectivity index (χ0v) is 16.3. The zero-order chi connectivity index (χ0) is 20.7. The van der Waals surface area contributed by atoms with Gasteiger partial charge in [-0.25, -0.2) is 0 Å². The first-order valence-corrected chi connectivity index (χ1v) is 9.54. The molecule has 2 atom stereocenters. The van der Waals surface area contributed by atoms with Crippen molar-refractivity contribution >= 4 is 17.4 Å². The minimum absolute atomic E-state index is 0.0136. The van der Waals surface area contributed by atoms with Crippen LogP contribution in [0, 0.1) is 12.8 Å². The van der Waals surface area contributed by atoms with Crippen molar-refractivity contribution in [1.82, 2.24) is 0 Å². The number of ether oxygens (including phenoxy) is 1. The lowest BCUT2D eigenvalue weighted by atomic mass is 9.98. The second-order valence-electron chi connectivity index (χ2n) is 7.25. The Labute approximate surface area is 172 Å². The third-order valence-electron chi connectivity index (χ3n) is 5.15. The van der Waals surface area contributed by atoms with Gasteiger partial charge in [0.25, 0.3) is 0 Å². The lowest BCUT2D eigenvalue weighted by Crippen LogP contribution is -2.04. The predicted octanol–water partition coefficient (Wildman–Crippen LogP) is 5.54. The van der Waals surface area contributed by atoms with Gasteiger partial charge >= 0.3 is 0 Å². The number of phenolic OH excluding ortho intramolecular Hbond substituents is 3. The molecule has 3 N–H and O–H groups in total. The van der Waals surface area contributed by atoms with Gasteiger partial charge in [0.2, 0.25) is 0 Å². The molecular formula is C23H19ClO5. The number of aromatic hydroxyl groups is 3. The first-order chi connectivity index (χ1) is 13.8. The zero-order valence-electron chi connectivity index (χ0n) is 15.6. The van der Waals surface area contributed by atoms with E-state index < -0.39 is 11.5 Å². The number of carbonyl (C=O) groups is 1. The van der Waals surface area contributed by atoms with Gasteiger partial charge in [0.05, 0.1) is 0 Å². The van der Waals surface area contributed by atoms with E-state index in [0.717, 1.165) is 23.3 Å². The number of Topliss-reactive ketones (excluding diaryl/α,β-unsaturated/α-hetero) is 1. The van der Waals surface area contributed by atoms with Crippen LogP contribution in [0.15, 0.2) is 54.6 Å². The molecule has 2 unspecified atom stereocenters. The normalized spacial score (nSPS) is 17.7. The molecule has 0 bridgehead atoms. The number of carbonyl (C=O) groups excluding carboxylic acids is 1. The average Bonchev–Trinajstić information content (AvgIpc) is 3.43. The minimum Gasteiger partial charge on any atom is -0.508 e. The molecule has 0 amide bonds. The molecule has 0 heterocycles. The van der Waals surface area contributed by atoms with Crippen molar-refractivity contribution in [2.24, 2.45) is 5.92 Å². The van der Waals surface area contributed by atoms with Crippen molar-refractivity contribution in [2.75, 3.05) is 0 Å². The van der Waals surface area contributed by atoms with Crippen LogP contribution >= 0.6 is 11.6 Å². The Morgan fingerprint density at radius 3 is 2.21 bits per heavy atom. The third-order valence-corrected chi connectivity index (χ3v) is 5.40. The van der Waals surface area contributed by atoms with Crippen LogP contribution in [0.4, 0.5) is 0 Å². The smallest absolute Gasteiger partial charge is 0.174 e.